The lowest BCUT2D eigenvalue weighted by molar-refractivity contribution is -0.119. The second-order valence-corrected chi connectivity index (χ2v) is 6.82. The molecule has 10 nitrogen and oxygen atoms in total. The number of carbonyl (C=O) groups is 4. The van der Waals surface area contributed by atoms with Gasteiger partial charge in [0.1, 0.15) is 11.3 Å². The summed E-state index contributed by atoms with van der Waals surface area (Å²) in [5, 5.41) is 3.15. The number of amides is 1. The molecule has 3 rings (SSSR count). The Morgan fingerprint density at radius 1 is 0.879 bits per heavy atom. The van der Waals surface area contributed by atoms with E-state index in [9.17, 15) is 19.2 Å². The Hall–Kier alpha value is -4.34. The highest BCUT2D eigenvalue weighted by atomic mass is 16.5. The van der Waals surface area contributed by atoms with Gasteiger partial charge < -0.3 is 28.7 Å². The fourth-order valence-electron chi connectivity index (χ4n) is 3.09. The number of benzene rings is 2. The van der Waals surface area contributed by atoms with Crippen molar-refractivity contribution < 1.29 is 42.5 Å². The molecule has 3 aromatic rings. The highest BCUT2D eigenvalue weighted by Crippen LogP contribution is 2.29. The molecule has 1 heterocycles. The summed E-state index contributed by atoms with van der Waals surface area (Å²) in [5.74, 6) is -2.37. The molecule has 0 atom stereocenters. The predicted molar refractivity (Wildman–Crippen MR) is 116 cm³/mol. The van der Waals surface area contributed by atoms with Crippen LogP contribution in [-0.2, 0) is 19.0 Å². The maximum atomic E-state index is 12.5. The summed E-state index contributed by atoms with van der Waals surface area (Å²) in [6.45, 7) is 1.06. The van der Waals surface area contributed by atoms with Crippen molar-refractivity contribution in [3.05, 3.63) is 58.8 Å². The van der Waals surface area contributed by atoms with E-state index in [0.717, 1.165) is 0 Å². The van der Waals surface area contributed by atoms with E-state index < -0.39 is 30.4 Å². The summed E-state index contributed by atoms with van der Waals surface area (Å²) in [6, 6.07) is 8.98. The van der Waals surface area contributed by atoms with Crippen LogP contribution in [0.25, 0.3) is 11.0 Å². The lowest BCUT2D eigenvalue weighted by Crippen LogP contribution is -2.21. The molecule has 1 amide bonds. The number of nitrogens with one attached hydrogen (secondary N) is 1. The summed E-state index contributed by atoms with van der Waals surface area (Å²) in [7, 11) is 3.89. The molecule has 0 bridgehead atoms. The average molecular weight is 455 g/mol. The Balaban J connectivity index is 1.72. The van der Waals surface area contributed by atoms with Crippen LogP contribution in [0.5, 0.6) is 5.75 Å². The van der Waals surface area contributed by atoms with Crippen molar-refractivity contribution in [3.63, 3.8) is 0 Å². The molecule has 1 N–H and O–H groups in total. The summed E-state index contributed by atoms with van der Waals surface area (Å²) >= 11 is 0. The first-order chi connectivity index (χ1) is 15.8. The molecule has 0 fully saturated rings. The second-order valence-electron chi connectivity index (χ2n) is 6.82. The Kier molecular flexibility index (Phi) is 6.97. The van der Waals surface area contributed by atoms with Gasteiger partial charge in [-0.2, -0.15) is 0 Å². The molecule has 0 radical (unpaired) electrons. The van der Waals surface area contributed by atoms with Gasteiger partial charge in [0.25, 0.3) is 5.91 Å². The van der Waals surface area contributed by atoms with E-state index in [4.69, 9.17) is 13.9 Å². The van der Waals surface area contributed by atoms with Crippen LogP contribution < -0.4 is 10.1 Å². The number of ether oxygens (including phenoxy) is 4. The van der Waals surface area contributed by atoms with Crippen molar-refractivity contribution in [1.29, 1.82) is 0 Å². The number of fused-ring (bicyclic) bond motifs is 1. The lowest BCUT2D eigenvalue weighted by atomic mass is 10.1. The van der Waals surface area contributed by atoms with Crippen molar-refractivity contribution in [1.82, 2.24) is 0 Å². The summed E-state index contributed by atoms with van der Waals surface area (Å²) in [6.07, 6.45) is 0. The van der Waals surface area contributed by atoms with Crippen molar-refractivity contribution in [2.45, 2.75) is 6.92 Å². The third-order valence-corrected chi connectivity index (χ3v) is 4.72. The molecule has 172 valence electrons. The van der Waals surface area contributed by atoms with Crippen LogP contribution in [0.4, 0.5) is 5.69 Å². The van der Waals surface area contributed by atoms with E-state index in [0.29, 0.717) is 22.3 Å². The molecule has 0 saturated carbocycles. The fourth-order valence-corrected chi connectivity index (χ4v) is 3.09. The van der Waals surface area contributed by atoms with Gasteiger partial charge in [-0.15, -0.1) is 0 Å². The number of carbonyl (C=O) groups excluding carboxylic acids is 4. The van der Waals surface area contributed by atoms with Gasteiger partial charge >= 0.3 is 17.9 Å². The molecule has 2 aromatic carbocycles. The number of methoxy groups -OCH3 is 3. The van der Waals surface area contributed by atoms with Crippen molar-refractivity contribution >= 4 is 40.5 Å². The van der Waals surface area contributed by atoms with Crippen LogP contribution in [-0.4, -0.2) is 51.8 Å². The first-order valence-corrected chi connectivity index (χ1v) is 9.63. The van der Waals surface area contributed by atoms with E-state index in [2.05, 4.69) is 14.8 Å². The second kappa shape index (κ2) is 9.86. The van der Waals surface area contributed by atoms with Gasteiger partial charge in [-0.25, -0.2) is 14.4 Å². The SMILES string of the molecule is COC(=O)c1cc(NC(=O)COC(=O)c2oc3ccc(OC)cc3c2C)cc(C(=O)OC)c1. The van der Waals surface area contributed by atoms with Gasteiger partial charge in [-0.3, -0.25) is 4.79 Å². The highest BCUT2D eigenvalue weighted by molar-refractivity contribution is 6.01. The number of hydrogen-bond acceptors (Lipinski definition) is 9. The number of furan rings is 1. The number of esters is 3. The molecule has 0 aliphatic rings. The number of rotatable bonds is 7. The smallest absolute Gasteiger partial charge is 0.375 e. The maximum absolute atomic E-state index is 12.5. The van der Waals surface area contributed by atoms with E-state index in [1.807, 2.05) is 0 Å². The van der Waals surface area contributed by atoms with Gasteiger partial charge in [0.2, 0.25) is 5.76 Å². The largest absolute Gasteiger partial charge is 0.497 e. The van der Waals surface area contributed by atoms with Gasteiger partial charge in [-0.05, 0) is 43.3 Å². The first kappa shape index (κ1) is 23.3. The van der Waals surface area contributed by atoms with Gasteiger partial charge in [0.15, 0.2) is 6.61 Å². The standard InChI is InChI=1S/C23H21NO9/c1-12-17-10-16(29-2)5-6-18(17)33-20(12)23(28)32-11-19(25)24-15-8-13(21(26)30-3)7-14(9-15)22(27)31-4/h5-10H,11H2,1-4H3,(H,24,25). The van der Waals surface area contributed by atoms with Crippen molar-refractivity contribution in [2.24, 2.45) is 0 Å². The predicted octanol–water partition coefficient (Wildman–Crippen LogP) is 3.12. The Labute approximate surface area is 188 Å². The topological polar surface area (TPSA) is 130 Å². The highest BCUT2D eigenvalue weighted by Gasteiger charge is 2.21. The summed E-state index contributed by atoms with van der Waals surface area (Å²) in [5.41, 5.74) is 1.19. The minimum Gasteiger partial charge on any atom is -0.497 e. The van der Waals surface area contributed by atoms with Crippen LogP contribution >= 0.6 is 0 Å². The van der Waals surface area contributed by atoms with E-state index in [1.54, 1.807) is 25.1 Å². The zero-order chi connectivity index (χ0) is 24.1. The van der Waals surface area contributed by atoms with Gasteiger partial charge in [0, 0.05) is 16.6 Å². The zero-order valence-corrected chi connectivity index (χ0v) is 18.3. The minimum absolute atomic E-state index is 0.0287. The van der Waals surface area contributed by atoms with Crippen molar-refractivity contribution in [3.8, 4) is 5.75 Å². The third-order valence-electron chi connectivity index (χ3n) is 4.72. The Morgan fingerprint density at radius 2 is 1.52 bits per heavy atom. The average Bonchev–Trinajstić information content (AvgIpc) is 3.16. The normalized spacial score (nSPS) is 10.4. The third kappa shape index (κ3) is 5.12. The number of anilines is 1. The lowest BCUT2D eigenvalue weighted by Gasteiger charge is -2.10. The quantitative estimate of drug-likeness (QED) is 0.422. The molecule has 0 spiro atoms. The number of hydrogen-bond donors (Lipinski definition) is 1. The van der Waals surface area contributed by atoms with E-state index in [-0.39, 0.29) is 22.6 Å². The van der Waals surface area contributed by atoms with E-state index in [1.165, 1.54) is 39.5 Å². The number of aryl methyl sites for hydroxylation is 1. The molecule has 0 saturated heterocycles. The molecule has 0 aliphatic carbocycles. The van der Waals surface area contributed by atoms with Crippen LogP contribution in [0, 0.1) is 6.92 Å². The molecular formula is C23H21NO9. The fraction of sp³-hybridized carbons (Fsp3) is 0.217. The van der Waals surface area contributed by atoms with E-state index >= 15 is 0 Å². The first-order valence-electron chi connectivity index (χ1n) is 9.63. The monoisotopic (exact) mass is 455 g/mol. The zero-order valence-electron chi connectivity index (χ0n) is 18.3. The summed E-state index contributed by atoms with van der Waals surface area (Å²) < 4.78 is 25.1. The summed E-state index contributed by atoms with van der Waals surface area (Å²) in [4.78, 5) is 48.5. The van der Waals surface area contributed by atoms with Crippen LogP contribution in [0.1, 0.15) is 36.8 Å². The van der Waals surface area contributed by atoms with Gasteiger partial charge in [0.05, 0.1) is 32.5 Å². The van der Waals surface area contributed by atoms with Gasteiger partial charge in [-0.1, -0.05) is 0 Å². The Morgan fingerprint density at radius 3 is 2.09 bits per heavy atom. The van der Waals surface area contributed by atoms with Crippen LogP contribution in [0.2, 0.25) is 0 Å². The Bertz CT molecular complexity index is 1210. The molecule has 0 unspecified atom stereocenters. The van der Waals surface area contributed by atoms with Crippen LogP contribution in [0.15, 0.2) is 40.8 Å². The molecule has 0 aliphatic heterocycles. The molecule has 1 aromatic heterocycles. The van der Waals surface area contributed by atoms with Crippen LogP contribution in [0.3, 0.4) is 0 Å². The molecule has 10 heteroatoms. The molecule has 33 heavy (non-hydrogen) atoms. The maximum Gasteiger partial charge on any atom is 0.375 e. The van der Waals surface area contributed by atoms with Crippen molar-refractivity contribution in [2.75, 3.05) is 33.3 Å². The molecular weight excluding hydrogens is 434 g/mol. The minimum atomic E-state index is -0.823.